The number of hydrogen-bond donors (Lipinski definition) is 2. The maximum atomic E-state index is 11.0. The molecule has 3 rings (SSSR count). The molecule has 0 saturated heterocycles. The van der Waals surface area contributed by atoms with Crippen molar-refractivity contribution in [2.24, 2.45) is 0 Å². The van der Waals surface area contributed by atoms with E-state index in [2.05, 4.69) is 10.3 Å². The lowest BCUT2D eigenvalue weighted by atomic mass is 10.2. The van der Waals surface area contributed by atoms with Crippen LogP contribution < -0.4 is 5.32 Å². The van der Waals surface area contributed by atoms with E-state index in [-0.39, 0.29) is 5.69 Å². The van der Waals surface area contributed by atoms with Gasteiger partial charge in [-0.1, -0.05) is 24.3 Å². The van der Waals surface area contributed by atoms with Crippen molar-refractivity contribution in [2.45, 2.75) is 19.6 Å². The Balaban J connectivity index is 1.99. The molecule has 2 N–H and O–H groups in total. The molecule has 124 valence electrons. The maximum Gasteiger partial charge on any atom is 0.269 e. The molecule has 0 radical (unpaired) electrons. The van der Waals surface area contributed by atoms with E-state index in [1.165, 1.54) is 6.07 Å². The molecule has 7 nitrogen and oxygen atoms in total. The van der Waals surface area contributed by atoms with Crippen molar-refractivity contribution in [1.82, 2.24) is 9.55 Å². The number of benzene rings is 2. The molecular formula is C17H18N4O3. The molecule has 0 aliphatic heterocycles. The van der Waals surface area contributed by atoms with Crippen LogP contribution in [-0.2, 0) is 6.54 Å². The molecule has 0 spiro atoms. The molecule has 24 heavy (non-hydrogen) atoms. The number of hydrogen-bond acceptors (Lipinski definition) is 5. The number of nitrogens with one attached hydrogen (secondary N) is 1. The molecule has 0 fully saturated rings. The standard InChI is InChI=1S/C17H18N4O3/c1-12(22)10-18-17-19-15-7-2-3-8-16(15)20(17)11-13-5-4-6-14(9-13)21(23)24/h2-9,12,22H,10-11H2,1H3,(H,18,19)/t12-/m0/s1. The van der Waals surface area contributed by atoms with Crippen molar-refractivity contribution in [1.29, 1.82) is 0 Å². The third-order valence-electron chi connectivity index (χ3n) is 3.67. The highest BCUT2D eigenvalue weighted by Gasteiger charge is 2.13. The maximum absolute atomic E-state index is 11.0. The fourth-order valence-electron chi connectivity index (χ4n) is 2.56. The van der Waals surface area contributed by atoms with Gasteiger partial charge in [-0.25, -0.2) is 4.98 Å². The molecule has 0 aliphatic carbocycles. The van der Waals surface area contributed by atoms with E-state index in [0.717, 1.165) is 16.6 Å². The summed E-state index contributed by atoms with van der Waals surface area (Å²) in [6.07, 6.45) is -0.504. The molecule has 1 atom stereocenters. The van der Waals surface area contributed by atoms with Crippen molar-refractivity contribution >= 4 is 22.7 Å². The zero-order chi connectivity index (χ0) is 17.1. The molecule has 0 unspecified atom stereocenters. The monoisotopic (exact) mass is 326 g/mol. The highest BCUT2D eigenvalue weighted by molar-refractivity contribution is 5.78. The predicted octanol–water partition coefficient (Wildman–Crippen LogP) is 2.79. The number of non-ortho nitro benzene ring substituents is 1. The average molecular weight is 326 g/mol. The second-order valence-corrected chi connectivity index (χ2v) is 5.67. The summed E-state index contributed by atoms with van der Waals surface area (Å²) < 4.78 is 1.96. The number of nitro benzene ring substituents is 1. The number of aliphatic hydroxyl groups excluding tert-OH is 1. The van der Waals surface area contributed by atoms with Crippen LogP contribution in [0.25, 0.3) is 11.0 Å². The van der Waals surface area contributed by atoms with Gasteiger partial charge in [0.05, 0.1) is 28.6 Å². The zero-order valence-electron chi connectivity index (χ0n) is 13.2. The first-order chi connectivity index (χ1) is 11.5. The van der Waals surface area contributed by atoms with Crippen LogP contribution in [0.1, 0.15) is 12.5 Å². The summed E-state index contributed by atoms with van der Waals surface area (Å²) in [6.45, 7) is 2.52. The number of para-hydroxylation sites is 2. The quantitative estimate of drug-likeness (QED) is 0.537. The fraction of sp³-hybridized carbons (Fsp3) is 0.235. The van der Waals surface area contributed by atoms with Gasteiger partial charge in [-0.05, 0) is 24.6 Å². The Labute approximate surface area is 138 Å². The van der Waals surface area contributed by atoms with Crippen LogP contribution in [0, 0.1) is 10.1 Å². The third-order valence-corrected chi connectivity index (χ3v) is 3.67. The summed E-state index contributed by atoms with van der Waals surface area (Å²) in [5, 5.41) is 23.6. The molecular weight excluding hydrogens is 308 g/mol. The molecule has 0 bridgehead atoms. The second kappa shape index (κ2) is 6.67. The number of nitrogens with zero attached hydrogens (tertiary/aromatic N) is 3. The fourth-order valence-corrected chi connectivity index (χ4v) is 2.56. The smallest absolute Gasteiger partial charge is 0.269 e. The molecule has 1 aromatic heterocycles. The summed E-state index contributed by atoms with van der Waals surface area (Å²) in [5.74, 6) is 0.628. The van der Waals surface area contributed by atoms with E-state index >= 15 is 0 Å². The van der Waals surface area contributed by atoms with Gasteiger partial charge in [0.25, 0.3) is 5.69 Å². The van der Waals surface area contributed by atoms with Gasteiger partial charge >= 0.3 is 0 Å². The first-order valence-corrected chi connectivity index (χ1v) is 7.65. The van der Waals surface area contributed by atoms with Gasteiger partial charge in [0.2, 0.25) is 5.95 Å². The number of nitro groups is 1. The third kappa shape index (κ3) is 3.36. The zero-order valence-corrected chi connectivity index (χ0v) is 13.2. The first kappa shape index (κ1) is 15.9. The lowest BCUT2D eigenvalue weighted by Gasteiger charge is -2.12. The van der Waals surface area contributed by atoms with Gasteiger partial charge < -0.3 is 15.0 Å². The van der Waals surface area contributed by atoms with Crippen molar-refractivity contribution in [3.63, 3.8) is 0 Å². The minimum absolute atomic E-state index is 0.0652. The molecule has 2 aromatic carbocycles. The van der Waals surface area contributed by atoms with Gasteiger partial charge in [0.15, 0.2) is 0 Å². The number of anilines is 1. The Hall–Kier alpha value is -2.93. The topological polar surface area (TPSA) is 93.2 Å². The van der Waals surface area contributed by atoms with Crippen molar-refractivity contribution < 1.29 is 10.0 Å². The van der Waals surface area contributed by atoms with Crippen LogP contribution in [0.3, 0.4) is 0 Å². The minimum Gasteiger partial charge on any atom is -0.392 e. The summed E-state index contributed by atoms with van der Waals surface area (Å²) >= 11 is 0. The molecule has 1 heterocycles. The van der Waals surface area contributed by atoms with E-state index in [9.17, 15) is 15.2 Å². The highest BCUT2D eigenvalue weighted by atomic mass is 16.6. The van der Waals surface area contributed by atoms with Crippen LogP contribution in [0.5, 0.6) is 0 Å². The molecule has 3 aromatic rings. The molecule has 0 amide bonds. The normalized spacial score (nSPS) is 12.2. The lowest BCUT2D eigenvalue weighted by molar-refractivity contribution is -0.384. The Morgan fingerprint density at radius 2 is 2.08 bits per heavy atom. The number of imidazole rings is 1. The van der Waals surface area contributed by atoms with Gasteiger partial charge in [-0.2, -0.15) is 0 Å². The Kier molecular flexibility index (Phi) is 4.43. The molecule has 7 heteroatoms. The van der Waals surface area contributed by atoms with Crippen LogP contribution >= 0.6 is 0 Å². The lowest BCUT2D eigenvalue weighted by Crippen LogP contribution is -2.18. The Bertz CT molecular complexity index is 873. The van der Waals surface area contributed by atoms with Crippen LogP contribution in [0.4, 0.5) is 11.6 Å². The molecule has 0 saturated carbocycles. The minimum atomic E-state index is -0.504. The number of fused-ring (bicyclic) bond motifs is 1. The predicted molar refractivity (Wildman–Crippen MR) is 92.1 cm³/mol. The van der Waals surface area contributed by atoms with E-state index in [1.54, 1.807) is 19.1 Å². The van der Waals surface area contributed by atoms with Crippen molar-refractivity contribution in [2.75, 3.05) is 11.9 Å². The van der Waals surface area contributed by atoms with Crippen molar-refractivity contribution in [3.8, 4) is 0 Å². The van der Waals surface area contributed by atoms with Crippen molar-refractivity contribution in [3.05, 3.63) is 64.2 Å². The summed E-state index contributed by atoms with van der Waals surface area (Å²) in [5.41, 5.74) is 2.64. The van der Waals surface area contributed by atoms with Crippen LogP contribution in [0.2, 0.25) is 0 Å². The summed E-state index contributed by atoms with van der Waals surface area (Å²) in [4.78, 5) is 15.1. The van der Waals surface area contributed by atoms with E-state index in [0.29, 0.717) is 19.0 Å². The van der Waals surface area contributed by atoms with Gasteiger partial charge in [0, 0.05) is 18.7 Å². The summed E-state index contributed by atoms with van der Waals surface area (Å²) in [6, 6.07) is 14.3. The van der Waals surface area contributed by atoms with E-state index in [4.69, 9.17) is 0 Å². The largest absolute Gasteiger partial charge is 0.392 e. The van der Waals surface area contributed by atoms with Gasteiger partial charge in [-0.3, -0.25) is 10.1 Å². The summed E-state index contributed by atoms with van der Waals surface area (Å²) in [7, 11) is 0. The molecule has 0 aliphatic rings. The average Bonchev–Trinajstić information content (AvgIpc) is 2.91. The second-order valence-electron chi connectivity index (χ2n) is 5.67. The van der Waals surface area contributed by atoms with Gasteiger partial charge in [-0.15, -0.1) is 0 Å². The van der Waals surface area contributed by atoms with Gasteiger partial charge in [0.1, 0.15) is 0 Å². The Morgan fingerprint density at radius 3 is 2.83 bits per heavy atom. The van der Waals surface area contributed by atoms with Crippen LogP contribution in [0.15, 0.2) is 48.5 Å². The SMILES string of the molecule is C[C@H](O)CNc1nc2ccccc2n1Cc1cccc([N+](=O)[O-])c1. The first-order valence-electron chi connectivity index (χ1n) is 7.65. The van der Waals surface area contributed by atoms with E-state index < -0.39 is 11.0 Å². The number of aromatic nitrogens is 2. The number of aliphatic hydroxyl groups is 1. The van der Waals surface area contributed by atoms with Crippen LogP contribution in [-0.4, -0.2) is 32.2 Å². The Morgan fingerprint density at radius 1 is 1.29 bits per heavy atom. The highest BCUT2D eigenvalue weighted by Crippen LogP contribution is 2.22. The van der Waals surface area contributed by atoms with E-state index in [1.807, 2.05) is 34.9 Å². The number of rotatable bonds is 6.